The maximum Gasteiger partial charge on any atom is 0.180 e. The third kappa shape index (κ3) is 3.82. The molecule has 1 rings (SSSR count). The SMILES string of the molecule is CCCC(CS(=O)(=O)c1ccccc1C)NC. The molecule has 0 aliphatic carbocycles. The molecule has 4 heteroatoms. The molecule has 1 aromatic rings. The first-order valence-corrected chi connectivity index (χ1v) is 7.62. The third-order valence-corrected chi connectivity index (χ3v) is 4.86. The smallest absolute Gasteiger partial charge is 0.180 e. The van der Waals surface area contributed by atoms with Gasteiger partial charge in [0.15, 0.2) is 9.84 Å². The van der Waals surface area contributed by atoms with Gasteiger partial charge < -0.3 is 5.32 Å². The number of hydrogen-bond donors (Lipinski definition) is 1. The van der Waals surface area contributed by atoms with E-state index in [1.165, 1.54) is 0 Å². The molecule has 96 valence electrons. The van der Waals surface area contributed by atoms with Gasteiger partial charge in [-0.2, -0.15) is 0 Å². The fourth-order valence-corrected chi connectivity index (χ4v) is 3.81. The van der Waals surface area contributed by atoms with Crippen LogP contribution in [0.5, 0.6) is 0 Å². The van der Waals surface area contributed by atoms with Gasteiger partial charge in [-0.1, -0.05) is 31.5 Å². The minimum atomic E-state index is -3.19. The molecule has 1 unspecified atom stereocenters. The first kappa shape index (κ1) is 14.2. The minimum Gasteiger partial charge on any atom is -0.316 e. The van der Waals surface area contributed by atoms with E-state index in [-0.39, 0.29) is 11.8 Å². The second kappa shape index (κ2) is 6.17. The fourth-order valence-electron chi connectivity index (χ4n) is 1.92. The standard InChI is InChI=1S/C13H21NO2S/c1-4-7-12(14-3)10-17(15,16)13-9-6-5-8-11(13)2/h5-6,8-9,12,14H,4,7,10H2,1-3H3. The lowest BCUT2D eigenvalue weighted by molar-refractivity contribution is 0.536. The minimum absolute atomic E-state index is 0.0320. The molecular formula is C13H21NO2S. The van der Waals surface area contributed by atoms with E-state index in [2.05, 4.69) is 12.2 Å². The Bertz CT molecular complexity index is 454. The van der Waals surface area contributed by atoms with Crippen molar-refractivity contribution in [3.63, 3.8) is 0 Å². The molecular weight excluding hydrogens is 234 g/mol. The van der Waals surface area contributed by atoms with Crippen LogP contribution >= 0.6 is 0 Å². The number of nitrogens with one attached hydrogen (secondary N) is 1. The Balaban J connectivity index is 2.92. The molecule has 0 heterocycles. The molecule has 0 aromatic heterocycles. The van der Waals surface area contributed by atoms with Crippen molar-refractivity contribution < 1.29 is 8.42 Å². The van der Waals surface area contributed by atoms with E-state index in [4.69, 9.17) is 0 Å². The second-order valence-electron chi connectivity index (χ2n) is 4.32. The average Bonchev–Trinajstić information content (AvgIpc) is 2.28. The largest absolute Gasteiger partial charge is 0.316 e. The molecule has 0 spiro atoms. The van der Waals surface area contributed by atoms with Crippen molar-refractivity contribution in [3.05, 3.63) is 29.8 Å². The Morgan fingerprint density at radius 2 is 1.94 bits per heavy atom. The van der Waals surface area contributed by atoms with Crippen molar-refractivity contribution >= 4 is 9.84 Å². The van der Waals surface area contributed by atoms with E-state index < -0.39 is 9.84 Å². The van der Waals surface area contributed by atoms with Crippen LogP contribution in [0.25, 0.3) is 0 Å². The Morgan fingerprint density at radius 1 is 1.29 bits per heavy atom. The van der Waals surface area contributed by atoms with Crippen molar-refractivity contribution in [2.24, 2.45) is 0 Å². The molecule has 0 bridgehead atoms. The maximum absolute atomic E-state index is 12.3. The van der Waals surface area contributed by atoms with Gasteiger partial charge >= 0.3 is 0 Å². The van der Waals surface area contributed by atoms with Gasteiger partial charge in [0, 0.05) is 6.04 Å². The number of hydrogen-bond acceptors (Lipinski definition) is 3. The molecule has 0 saturated heterocycles. The Hall–Kier alpha value is -0.870. The normalized spacial score (nSPS) is 13.6. The third-order valence-electron chi connectivity index (χ3n) is 2.89. The number of rotatable bonds is 6. The zero-order valence-corrected chi connectivity index (χ0v) is 11.5. The van der Waals surface area contributed by atoms with Gasteiger partial charge in [-0.3, -0.25) is 0 Å². The first-order chi connectivity index (χ1) is 8.01. The Labute approximate surface area is 104 Å². The van der Waals surface area contributed by atoms with Gasteiger partial charge in [0.25, 0.3) is 0 Å². The summed E-state index contributed by atoms with van der Waals surface area (Å²) >= 11 is 0. The van der Waals surface area contributed by atoms with Crippen molar-refractivity contribution in [3.8, 4) is 0 Å². The molecule has 3 nitrogen and oxygen atoms in total. The number of aryl methyl sites for hydroxylation is 1. The highest BCUT2D eigenvalue weighted by atomic mass is 32.2. The molecule has 0 saturated carbocycles. The summed E-state index contributed by atoms with van der Waals surface area (Å²) in [6, 6.07) is 7.18. The Kier molecular flexibility index (Phi) is 5.15. The summed E-state index contributed by atoms with van der Waals surface area (Å²) in [7, 11) is -1.37. The molecule has 0 fully saturated rings. The van der Waals surface area contributed by atoms with Crippen molar-refractivity contribution in [1.82, 2.24) is 5.32 Å². The molecule has 1 N–H and O–H groups in total. The topological polar surface area (TPSA) is 46.2 Å². The predicted octanol–water partition coefficient (Wildman–Crippen LogP) is 2.16. The molecule has 0 aliphatic rings. The first-order valence-electron chi connectivity index (χ1n) is 5.97. The fraction of sp³-hybridized carbons (Fsp3) is 0.538. The summed E-state index contributed by atoms with van der Waals surface area (Å²) in [5, 5.41) is 3.07. The van der Waals surface area contributed by atoms with Gasteiger partial charge in [0.2, 0.25) is 0 Å². The molecule has 0 radical (unpaired) electrons. The lowest BCUT2D eigenvalue weighted by atomic mass is 10.2. The van der Waals surface area contributed by atoms with Crippen LogP contribution in [0.15, 0.2) is 29.2 Å². The number of benzene rings is 1. The van der Waals surface area contributed by atoms with Crippen LogP contribution in [0.4, 0.5) is 0 Å². The summed E-state index contributed by atoms with van der Waals surface area (Å²) in [4.78, 5) is 0.455. The van der Waals surface area contributed by atoms with Crippen LogP contribution in [0, 0.1) is 6.92 Å². The highest BCUT2D eigenvalue weighted by Crippen LogP contribution is 2.17. The van der Waals surface area contributed by atoms with Gasteiger partial charge in [0.05, 0.1) is 10.6 Å². The van der Waals surface area contributed by atoms with Crippen molar-refractivity contribution in [2.45, 2.75) is 37.6 Å². The lowest BCUT2D eigenvalue weighted by Crippen LogP contribution is -2.33. The van der Waals surface area contributed by atoms with Crippen LogP contribution in [-0.4, -0.2) is 27.3 Å². The molecule has 1 atom stereocenters. The van der Waals surface area contributed by atoms with E-state index in [9.17, 15) is 8.42 Å². The average molecular weight is 255 g/mol. The van der Waals surface area contributed by atoms with Crippen LogP contribution < -0.4 is 5.32 Å². The molecule has 0 aliphatic heterocycles. The highest BCUT2D eigenvalue weighted by molar-refractivity contribution is 7.91. The summed E-state index contributed by atoms with van der Waals surface area (Å²) in [5.41, 5.74) is 0.818. The lowest BCUT2D eigenvalue weighted by Gasteiger charge is -2.16. The summed E-state index contributed by atoms with van der Waals surface area (Å²) < 4.78 is 24.5. The Morgan fingerprint density at radius 3 is 2.47 bits per heavy atom. The van der Waals surface area contributed by atoms with Gasteiger partial charge in [-0.25, -0.2) is 8.42 Å². The van der Waals surface area contributed by atoms with Crippen LogP contribution in [-0.2, 0) is 9.84 Å². The van der Waals surface area contributed by atoms with E-state index >= 15 is 0 Å². The van der Waals surface area contributed by atoms with E-state index in [1.54, 1.807) is 12.1 Å². The molecule has 0 amide bonds. The van der Waals surface area contributed by atoms with E-state index in [1.807, 2.05) is 26.1 Å². The summed E-state index contributed by atoms with van der Waals surface area (Å²) in [6.45, 7) is 3.89. The van der Waals surface area contributed by atoms with Crippen molar-refractivity contribution in [2.75, 3.05) is 12.8 Å². The maximum atomic E-state index is 12.3. The van der Waals surface area contributed by atoms with E-state index in [0.29, 0.717) is 4.90 Å². The number of sulfone groups is 1. The second-order valence-corrected chi connectivity index (χ2v) is 6.32. The van der Waals surface area contributed by atoms with E-state index in [0.717, 1.165) is 18.4 Å². The predicted molar refractivity (Wildman–Crippen MR) is 71.0 cm³/mol. The highest BCUT2D eigenvalue weighted by Gasteiger charge is 2.21. The summed E-state index contributed by atoms with van der Waals surface area (Å²) in [5.74, 6) is 0.169. The molecule has 1 aromatic carbocycles. The van der Waals surface area contributed by atoms with Crippen molar-refractivity contribution in [1.29, 1.82) is 0 Å². The van der Waals surface area contributed by atoms with Gasteiger partial charge in [0.1, 0.15) is 0 Å². The van der Waals surface area contributed by atoms with Crippen LogP contribution in [0.1, 0.15) is 25.3 Å². The quantitative estimate of drug-likeness (QED) is 0.847. The zero-order chi connectivity index (χ0) is 12.9. The zero-order valence-electron chi connectivity index (χ0n) is 10.7. The van der Waals surface area contributed by atoms with Crippen LogP contribution in [0.2, 0.25) is 0 Å². The van der Waals surface area contributed by atoms with Gasteiger partial charge in [-0.05, 0) is 32.0 Å². The monoisotopic (exact) mass is 255 g/mol. The van der Waals surface area contributed by atoms with Gasteiger partial charge in [-0.15, -0.1) is 0 Å². The van der Waals surface area contributed by atoms with Crippen LogP contribution in [0.3, 0.4) is 0 Å². The summed E-state index contributed by atoms with van der Waals surface area (Å²) in [6.07, 6.45) is 1.86. The molecule has 17 heavy (non-hydrogen) atoms.